The molecule has 0 amide bonds. The highest BCUT2D eigenvalue weighted by molar-refractivity contribution is 5.65. The van der Waals surface area contributed by atoms with E-state index in [0.717, 1.165) is 17.8 Å². The number of rotatable bonds is 0. The predicted octanol–water partition coefficient (Wildman–Crippen LogP) is 0.845. The van der Waals surface area contributed by atoms with Gasteiger partial charge in [-0.05, 0) is 6.07 Å². The SMILES string of the molecule is C1=Nc2ccncc2CN1. The fourth-order valence-corrected chi connectivity index (χ4v) is 0.953. The number of nitrogens with one attached hydrogen (secondary N) is 1. The van der Waals surface area contributed by atoms with Crippen molar-refractivity contribution in [3.05, 3.63) is 24.0 Å². The van der Waals surface area contributed by atoms with Gasteiger partial charge < -0.3 is 5.32 Å². The molecule has 3 heteroatoms. The summed E-state index contributed by atoms with van der Waals surface area (Å²) < 4.78 is 0. The Hall–Kier alpha value is -1.38. The summed E-state index contributed by atoms with van der Waals surface area (Å²) in [5.41, 5.74) is 2.18. The molecule has 0 aliphatic carbocycles. The second-order valence-electron chi connectivity index (χ2n) is 2.14. The molecule has 0 unspecified atom stereocenters. The molecule has 0 aromatic carbocycles. The van der Waals surface area contributed by atoms with Crippen molar-refractivity contribution in [2.75, 3.05) is 0 Å². The average Bonchev–Trinajstić information content (AvgIpc) is 2.05. The summed E-state index contributed by atoms with van der Waals surface area (Å²) in [6.45, 7) is 0.840. The smallest absolute Gasteiger partial charge is 0.0889 e. The minimum absolute atomic E-state index is 0.840. The van der Waals surface area contributed by atoms with Gasteiger partial charge >= 0.3 is 0 Å². The highest BCUT2D eigenvalue weighted by Crippen LogP contribution is 2.17. The Bertz CT molecular complexity index is 267. The maximum atomic E-state index is 4.12. The number of aromatic nitrogens is 1. The molecule has 1 N–H and O–H groups in total. The van der Waals surface area contributed by atoms with Crippen LogP contribution in [0.4, 0.5) is 5.69 Å². The van der Waals surface area contributed by atoms with Gasteiger partial charge in [-0.1, -0.05) is 0 Å². The molecule has 1 aromatic rings. The van der Waals surface area contributed by atoms with E-state index in [0.29, 0.717) is 0 Å². The zero-order valence-electron chi connectivity index (χ0n) is 5.41. The number of nitrogens with zero attached hydrogens (tertiary/aromatic N) is 2. The summed E-state index contributed by atoms with van der Waals surface area (Å²) in [5, 5.41) is 3.01. The normalized spacial score (nSPS) is 14.0. The zero-order valence-corrected chi connectivity index (χ0v) is 5.41. The molecule has 0 bridgehead atoms. The molecule has 0 radical (unpaired) electrons. The van der Waals surface area contributed by atoms with E-state index in [1.807, 2.05) is 12.3 Å². The first-order valence-corrected chi connectivity index (χ1v) is 3.15. The Morgan fingerprint density at radius 2 is 2.50 bits per heavy atom. The molecule has 1 aromatic heterocycles. The van der Waals surface area contributed by atoms with Crippen molar-refractivity contribution in [2.24, 2.45) is 4.99 Å². The van der Waals surface area contributed by atoms with E-state index in [9.17, 15) is 0 Å². The second kappa shape index (κ2) is 2.10. The van der Waals surface area contributed by atoms with Crippen molar-refractivity contribution in [2.45, 2.75) is 6.54 Å². The van der Waals surface area contributed by atoms with Crippen LogP contribution in [-0.4, -0.2) is 11.3 Å². The van der Waals surface area contributed by atoms with Crippen LogP contribution in [0.1, 0.15) is 5.56 Å². The molecule has 0 fully saturated rings. The Kier molecular flexibility index (Phi) is 1.13. The lowest BCUT2D eigenvalue weighted by atomic mass is 10.2. The van der Waals surface area contributed by atoms with Crippen LogP contribution in [0.5, 0.6) is 0 Å². The van der Waals surface area contributed by atoms with E-state index in [4.69, 9.17) is 0 Å². The highest BCUT2D eigenvalue weighted by atomic mass is 15.0. The summed E-state index contributed by atoms with van der Waals surface area (Å²) in [7, 11) is 0. The van der Waals surface area contributed by atoms with Crippen LogP contribution in [0.3, 0.4) is 0 Å². The van der Waals surface area contributed by atoms with Crippen LogP contribution >= 0.6 is 0 Å². The Labute approximate surface area is 58.8 Å². The van der Waals surface area contributed by atoms with Gasteiger partial charge in [0.2, 0.25) is 0 Å². The second-order valence-corrected chi connectivity index (χ2v) is 2.14. The van der Waals surface area contributed by atoms with Gasteiger partial charge in [0.1, 0.15) is 0 Å². The van der Waals surface area contributed by atoms with Gasteiger partial charge in [0.05, 0.1) is 12.0 Å². The molecule has 0 atom stereocenters. The third-order valence-corrected chi connectivity index (χ3v) is 1.47. The maximum absolute atomic E-state index is 4.12. The molecule has 3 nitrogen and oxygen atoms in total. The monoisotopic (exact) mass is 133 g/mol. The Balaban J connectivity index is 2.54. The van der Waals surface area contributed by atoms with Gasteiger partial charge in [-0.3, -0.25) is 4.98 Å². The summed E-state index contributed by atoms with van der Waals surface area (Å²) in [4.78, 5) is 8.10. The zero-order chi connectivity index (χ0) is 6.81. The summed E-state index contributed by atoms with van der Waals surface area (Å²) in [5.74, 6) is 0. The van der Waals surface area contributed by atoms with E-state index < -0.39 is 0 Å². The quantitative estimate of drug-likeness (QED) is 0.569. The number of hydrogen-bond acceptors (Lipinski definition) is 3. The Morgan fingerprint density at radius 1 is 1.50 bits per heavy atom. The molecule has 0 saturated heterocycles. The third-order valence-electron chi connectivity index (χ3n) is 1.47. The fraction of sp³-hybridized carbons (Fsp3) is 0.143. The van der Waals surface area contributed by atoms with Crippen LogP contribution in [0, 0.1) is 0 Å². The lowest BCUT2D eigenvalue weighted by molar-refractivity contribution is 0.903. The maximum Gasteiger partial charge on any atom is 0.0889 e. The van der Waals surface area contributed by atoms with Crippen LogP contribution in [0.15, 0.2) is 23.5 Å². The van der Waals surface area contributed by atoms with Gasteiger partial charge in [0, 0.05) is 24.5 Å². The predicted molar refractivity (Wildman–Crippen MR) is 39.2 cm³/mol. The van der Waals surface area contributed by atoms with Crippen LogP contribution in [0.25, 0.3) is 0 Å². The molecule has 0 spiro atoms. The molecular weight excluding hydrogens is 126 g/mol. The lowest BCUT2D eigenvalue weighted by Gasteiger charge is -2.08. The van der Waals surface area contributed by atoms with E-state index in [1.165, 1.54) is 0 Å². The van der Waals surface area contributed by atoms with Crippen LogP contribution in [-0.2, 0) is 6.54 Å². The molecule has 2 heterocycles. The standard InChI is InChI=1S/C7H7N3/c1-2-8-3-6-4-9-5-10-7(1)6/h1-3,5H,4H2,(H,9,10). The molecule has 50 valence electrons. The largest absolute Gasteiger partial charge is 0.372 e. The van der Waals surface area contributed by atoms with Crippen molar-refractivity contribution < 1.29 is 0 Å². The Morgan fingerprint density at radius 3 is 3.40 bits per heavy atom. The van der Waals surface area contributed by atoms with Crippen molar-refractivity contribution in [3.8, 4) is 0 Å². The number of hydrogen-bond donors (Lipinski definition) is 1. The number of pyridine rings is 1. The number of fused-ring (bicyclic) bond motifs is 1. The summed E-state index contributed by atoms with van der Waals surface area (Å²) in [6, 6.07) is 1.91. The first-order chi connectivity index (χ1) is 4.97. The van der Waals surface area contributed by atoms with Gasteiger partial charge in [0.25, 0.3) is 0 Å². The van der Waals surface area contributed by atoms with Gasteiger partial charge in [-0.15, -0.1) is 0 Å². The van der Waals surface area contributed by atoms with E-state index in [2.05, 4.69) is 15.3 Å². The van der Waals surface area contributed by atoms with Crippen molar-refractivity contribution in [3.63, 3.8) is 0 Å². The molecule has 0 saturated carbocycles. The minimum atomic E-state index is 0.840. The minimum Gasteiger partial charge on any atom is -0.372 e. The molecule has 1 aliphatic rings. The third kappa shape index (κ3) is 0.757. The average molecular weight is 133 g/mol. The molecule has 2 rings (SSSR count). The summed E-state index contributed by atoms with van der Waals surface area (Å²) in [6.07, 6.45) is 5.29. The first kappa shape index (κ1) is 5.41. The van der Waals surface area contributed by atoms with Gasteiger partial charge in [-0.25, -0.2) is 4.99 Å². The van der Waals surface area contributed by atoms with E-state index >= 15 is 0 Å². The topological polar surface area (TPSA) is 37.3 Å². The van der Waals surface area contributed by atoms with Crippen molar-refractivity contribution >= 4 is 12.0 Å². The molecular formula is C7H7N3. The van der Waals surface area contributed by atoms with E-state index in [1.54, 1.807) is 12.5 Å². The highest BCUT2D eigenvalue weighted by Gasteiger charge is 2.01. The fourth-order valence-electron chi connectivity index (χ4n) is 0.953. The lowest BCUT2D eigenvalue weighted by Crippen LogP contribution is -2.13. The van der Waals surface area contributed by atoms with Gasteiger partial charge in [-0.2, -0.15) is 0 Å². The van der Waals surface area contributed by atoms with Crippen molar-refractivity contribution in [1.82, 2.24) is 10.3 Å². The van der Waals surface area contributed by atoms with E-state index in [-0.39, 0.29) is 0 Å². The summed E-state index contributed by atoms with van der Waals surface area (Å²) >= 11 is 0. The first-order valence-electron chi connectivity index (χ1n) is 3.15. The molecule has 1 aliphatic heterocycles. The molecule has 10 heavy (non-hydrogen) atoms. The number of aliphatic imine (C=N–C) groups is 1. The van der Waals surface area contributed by atoms with Crippen LogP contribution < -0.4 is 5.32 Å². The van der Waals surface area contributed by atoms with Gasteiger partial charge in [0.15, 0.2) is 0 Å². The van der Waals surface area contributed by atoms with Crippen LogP contribution in [0.2, 0.25) is 0 Å². The van der Waals surface area contributed by atoms with Crippen molar-refractivity contribution in [1.29, 1.82) is 0 Å².